The monoisotopic (exact) mass is 247 g/mol. The summed E-state index contributed by atoms with van der Waals surface area (Å²) in [4.78, 5) is 0. The molecule has 2 nitrogen and oxygen atoms in total. The molecule has 0 spiro atoms. The molecule has 0 unspecified atom stereocenters. The zero-order valence-corrected chi connectivity index (χ0v) is 11.8. The van der Waals surface area contributed by atoms with E-state index in [2.05, 4.69) is 36.5 Å². The molecule has 1 aromatic rings. The molecule has 0 saturated carbocycles. The number of hydrogen-bond acceptors (Lipinski definition) is 2. The van der Waals surface area contributed by atoms with Gasteiger partial charge in [-0.3, -0.25) is 0 Å². The largest absolute Gasteiger partial charge is 0.491 e. The quantitative estimate of drug-likeness (QED) is 0.704. The lowest BCUT2D eigenvalue weighted by Gasteiger charge is -2.09. The Balaban J connectivity index is 2.39. The first-order chi connectivity index (χ1) is 8.72. The summed E-state index contributed by atoms with van der Waals surface area (Å²) >= 11 is 0. The van der Waals surface area contributed by atoms with Crippen LogP contribution >= 0.6 is 0 Å². The number of ether oxygens (including phenoxy) is 1. The third-order valence-corrected chi connectivity index (χ3v) is 2.45. The number of nitrogens with one attached hydrogen (secondary N) is 1. The van der Waals surface area contributed by atoms with Crippen molar-refractivity contribution in [2.75, 3.05) is 13.1 Å². The molecule has 1 rings (SSSR count). The molecule has 0 aliphatic heterocycles. The Hall–Kier alpha value is -1.28. The minimum Gasteiger partial charge on any atom is -0.491 e. The average molecular weight is 247 g/mol. The normalized spacial score (nSPS) is 11.3. The molecule has 0 aromatic heterocycles. The van der Waals surface area contributed by atoms with Crippen molar-refractivity contribution < 1.29 is 4.74 Å². The predicted octanol–water partition coefficient (Wildman–Crippen LogP) is 3.88. The molecule has 0 bridgehead atoms. The highest BCUT2D eigenvalue weighted by molar-refractivity contribution is 5.51. The summed E-state index contributed by atoms with van der Waals surface area (Å²) in [6, 6.07) is 8.21. The van der Waals surface area contributed by atoms with Gasteiger partial charge in [-0.25, -0.2) is 0 Å². The van der Waals surface area contributed by atoms with Crippen molar-refractivity contribution in [3.05, 3.63) is 35.9 Å². The van der Waals surface area contributed by atoms with Gasteiger partial charge in [0.2, 0.25) is 0 Å². The third kappa shape index (κ3) is 6.45. The molecular formula is C16H25NO. The first-order valence-corrected chi connectivity index (χ1v) is 6.86. The molecule has 0 aliphatic rings. The van der Waals surface area contributed by atoms with Crippen LogP contribution in [0.2, 0.25) is 0 Å². The van der Waals surface area contributed by atoms with Crippen molar-refractivity contribution in [1.82, 2.24) is 5.32 Å². The Morgan fingerprint density at radius 2 is 2.11 bits per heavy atom. The Morgan fingerprint density at radius 1 is 1.28 bits per heavy atom. The smallest absolute Gasteiger partial charge is 0.120 e. The van der Waals surface area contributed by atoms with E-state index in [0.29, 0.717) is 0 Å². The van der Waals surface area contributed by atoms with E-state index in [1.165, 1.54) is 12.0 Å². The van der Waals surface area contributed by atoms with Crippen LogP contribution in [-0.2, 0) is 0 Å². The number of benzene rings is 1. The Kier molecular flexibility index (Phi) is 7.19. The molecular weight excluding hydrogens is 222 g/mol. The second kappa shape index (κ2) is 8.76. The topological polar surface area (TPSA) is 21.3 Å². The van der Waals surface area contributed by atoms with Crippen LogP contribution in [0.1, 0.15) is 39.2 Å². The predicted molar refractivity (Wildman–Crippen MR) is 79.0 cm³/mol. The maximum Gasteiger partial charge on any atom is 0.120 e. The molecule has 0 heterocycles. The Labute approximate surface area is 111 Å². The van der Waals surface area contributed by atoms with Crippen molar-refractivity contribution in [3.63, 3.8) is 0 Å². The van der Waals surface area contributed by atoms with Gasteiger partial charge in [0.15, 0.2) is 0 Å². The summed E-state index contributed by atoms with van der Waals surface area (Å²) in [5, 5.41) is 3.38. The summed E-state index contributed by atoms with van der Waals surface area (Å²) in [7, 11) is 0. The summed E-state index contributed by atoms with van der Waals surface area (Å²) in [5.41, 5.74) is 1.20. The second-order valence-electron chi connectivity index (χ2n) is 4.68. The zero-order chi connectivity index (χ0) is 13.2. The molecule has 0 aliphatic carbocycles. The maximum absolute atomic E-state index is 5.67. The van der Waals surface area contributed by atoms with Crippen LogP contribution in [0.25, 0.3) is 6.08 Å². The van der Waals surface area contributed by atoms with E-state index in [-0.39, 0.29) is 6.10 Å². The van der Waals surface area contributed by atoms with E-state index < -0.39 is 0 Å². The third-order valence-electron chi connectivity index (χ3n) is 2.45. The van der Waals surface area contributed by atoms with Crippen LogP contribution in [0.15, 0.2) is 30.3 Å². The molecule has 100 valence electrons. The van der Waals surface area contributed by atoms with E-state index >= 15 is 0 Å². The summed E-state index contributed by atoms with van der Waals surface area (Å²) < 4.78 is 5.67. The Bertz CT molecular complexity index is 358. The van der Waals surface area contributed by atoms with E-state index in [1.54, 1.807) is 0 Å². The van der Waals surface area contributed by atoms with Gasteiger partial charge < -0.3 is 10.1 Å². The van der Waals surface area contributed by atoms with E-state index in [9.17, 15) is 0 Å². The highest BCUT2D eigenvalue weighted by Crippen LogP contribution is 2.15. The van der Waals surface area contributed by atoms with Gasteiger partial charge in [0.1, 0.15) is 5.75 Å². The molecule has 0 amide bonds. The van der Waals surface area contributed by atoms with Crippen LogP contribution in [0.4, 0.5) is 0 Å². The molecule has 1 aromatic carbocycles. The lowest BCUT2D eigenvalue weighted by Crippen LogP contribution is -2.14. The van der Waals surface area contributed by atoms with Gasteiger partial charge in [-0.15, -0.1) is 0 Å². The molecule has 18 heavy (non-hydrogen) atoms. The van der Waals surface area contributed by atoms with Gasteiger partial charge in [0, 0.05) is 0 Å². The van der Waals surface area contributed by atoms with Gasteiger partial charge >= 0.3 is 0 Å². The first kappa shape index (κ1) is 14.8. The molecule has 0 radical (unpaired) electrons. The SMILES string of the molecule is CCCNCCC=Cc1cccc(OC(C)C)c1. The average Bonchev–Trinajstić information content (AvgIpc) is 2.33. The van der Waals surface area contributed by atoms with Gasteiger partial charge in [0.05, 0.1) is 6.10 Å². The minimum absolute atomic E-state index is 0.225. The fourth-order valence-electron chi connectivity index (χ4n) is 1.67. The van der Waals surface area contributed by atoms with Gasteiger partial charge in [-0.2, -0.15) is 0 Å². The van der Waals surface area contributed by atoms with Crippen molar-refractivity contribution in [1.29, 1.82) is 0 Å². The second-order valence-corrected chi connectivity index (χ2v) is 4.68. The molecule has 0 fully saturated rings. The standard InChI is InChI=1S/C16H25NO/c1-4-11-17-12-6-5-8-15-9-7-10-16(13-15)18-14(2)3/h5,7-10,13-14,17H,4,6,11-12H2,1-3H3. The number of rotatable bonds is 8. The van der Waals surface area contributed by atoms with Crippen molar-refractivity contribution in [2.24, 2.45) is 0 Å². The van der Waals surface area contributed by atoms with Gasteiger partial charge in [-0.1, -0.05) is 31.2 Å². The van der Waals surface area contributed by atoms with Crippen LogP contribution in [0.5, 0.6) is 5.75 Å². The number of hydrogen-bond donors (Lipinski definition) is 1. The molecule has 1 N–H and O–H groups in total. The van der Waals surface area contributed by atoms with Crippen molar-refractivity contribution in [3.8, 4) is 5.75 Å². The lowest BCUT2D eigenvalue weighted by molar-refractivity contribution is 0.242. The summed E-state index contributed by atoms with van der Waals surface area (Å²) in [5.74, 6) is 0.941. The van der Waals surface area contributed by atoms with Gasteiger partial charge in [-0.05, 0) is 57.5 Å². The first-order valence-electron chi connectivity index (χ1n) is 6.86. The van der Waals surface area contributed by atoms with Crippen LogP contribution in [-0.4, -0.2) is 19.2 Å². The van der Waals surface area contributed by atoms with Crippen molar-refractivity contribution >= 4 is 6.08 Å². The highest BCUT2D eigenvalue weighted by Gasteiger charge is 1.97. The fraction of sp³-hybridized carbons (Fsp3) is 0.500. The summed E-state index contributed by atoms with van der Waals surface area (Å²) in [6.07, 6.45) is 6.84. The van der Waals surface area contributed by atoms with Crippen molar-refractivity contribution in [2.45, 2.75) is 39.7 Å². The molecule has 0 saturated heterocycles. The maximum atomic E-state index is 5.67. The molecule has 0 atom stereocenters. The highest BCUT2D eigenvalue weighted by atomic mass is 16.5. The van der Waals surface area contributed by atoms with Crippen LogP contribution in [0, 0.1) is 0 Å². The molecule has 2 heteroatoms. The van der Waals surface area contributed by atoms with Gasteiger partial charge in [0.25, 0.3) is 0 Å². The Morgan fingerprint density at radius 3 is 2.83 bits per heavy atom. The minimum atomic E-state index is 0.225. The van der Waals surface area contributed by atoms with E-state index in [4.69, 9.17) is 4.74 Å². The van der Waals surface area contributed by atoms with E-state index in [1.807, 2.05) is 26.0 Å². The fourth-order valence-corrected chi connectivity index (χ4v) is 1.67. The van der Waals surface area contributed by atoms with E-state index in [0.717, 1.165) is 25.3 Å². The van der Waals surface area contributed by atoms with Crippen LogP contribution < -0.4 is 10.1 Å². The lowest BCUT2D eigenvalue weighted by atomic mass is 10.2. The van der Waals surface area contributed by atoms with Crippen LogP contribution in [0.3, 0.4) is 0 Å². The zero-order valence-electron chi connectivity index (χ0n) is 11.8. The summed E-state index contributed by atoms with van der Waals surface area (Å²) in [6.45, 7) is 8.42.